The molecule has 0 aliphatic heterocycles. The number of benzene rings is 2. The number of hydrogen-bond donors (Lipinski definition) is 0. The van der Waals surface area contributed by atoms with Crippen LogP contribution in [-0.2, 0) is 4.79 Å². The standard InChI is InChI=1S/C23H26N4OS/c1-4-26(19-12-13-19)21(28)15-29-23-25-24-22(18-8-6-5-7-9-18)27(23)20-11-10-16(2)17(3)14-20/h5-11,14,19H,4,12-13,15H2,1-3H3. The van der Waals surface area contributed by atoms with Crippen LogP contribution >= 0.6 is 11.8 Å². The summed E-state index contributed by atoms with van der Waals surface area (Å²) in [5, 5.41) is 9.66. The molecule has 2 aromatic carbocycles. The molecule has 1 saturated carbocycles. The van der Waals surface area contributed by atoms with E-state index in [1.54, 1.807) is 0 Å². The van der Waals surface area contributed by atoms with Gasteiger partial charge in [0.2, 0.25) is 5.91 Å². The molecular formula is C23H26N4OS. The lowest BCUT2D eigenvalue weighted by molar-refractivity contribution is -0.128. The molecule has 3 aromatic rings. The van der Waals surface area contributed by atoms with Gasteiger partial charge in [0.1, 0.15) is 0 Å². The number of amides is 1. The van der Waals surface area contributed by atoms with Crippen molar-refractivity contribution in [3.63, 3.8) is 0 Å². The Morgan fingerprint density at radius 1 is 1.10 bits per heavy atom. The van der Waals surface area contributed by atoms with Gasteiger partial charge in [-0.05, 0) is 56.9 Å². The van der Waals surface area contributed by atoms with E-state index in [-0.39, 0.29) is 5.91 Å². The maximum absolute atomic E-state index is 12.7. The molecule has 150 valence electrons. The smallest absolute Gasteiger partial charge is 0.233 e. The van der Waals surface area contributed by atoms with Crippen molar-refractivity contribution in [2.75, 3.05) is 12.3 Å². The molecule has 5 nitrogen and oxygen atoms in total. The first-order valence-electron chi connectivity index (χ1n) is 10.1. The predicted octanol–water partition coefficient (Wildman–Crippen LogP) is 4.65. The fourth-order valence-corrected chi connectivity index (χ4v) is 4.31. The zero-order valence-corrected chi connectivity index (χ0v) is 17.9. The lowest BCUT2D eigenvalue weighted by atomic mass is 10.1. The zero-order chi connectivity index (χ0) is 20.4. The van der Waals surface area contributed by atoms with Gasteiger partial charge in [-0.1, -0.05) is 48.2 Å². The average molecular weight is 407 g/mol. The summed E-state index contributed by atoms with van der Waals surface area (Å²) in [6, 6.07) is 16.9. The average Bonchev–Trinajstić information content (AvgIpc) is 3.48. The summed E-state index contributed by atoms with van der Waals surface area (Å²) in [7, 11) is 0. The van der Waals surface area contributed by atoms with Crippen molar-refractivity contribution in [2.24, 2.45) is 0 Å². The van der Waals surface area contributed by atoms with Crippen molar-refractivity contribution in [2.45, 2.75) is 44.8 Å². The van der Waals surface area contributed by atoms with E-state index in [1.165, 1.54) is 22.9 Å². The summed E-state index contributed by atoms with van der Waals surface area (Å²) >= 11 is 1.46. The van der Waals surface area contributed by atoms with Crippen molar-refractivity contribution < 1.29 is 4.79 Å². The zero-order valence-electron chi connectivity index (χ0n) is 17.1. The van der Waals surface area contributed by atoms with Gasteiger partial charge in [0.05, 0.1) is 11.4 Å². The maximum Gasteiger partial charge on any atom is 0.233 e. The van der Waals surface area contributed by atoms with Crippen LogP contribution in [0, 0.1) is 13.8 Å². The number of thioether (sulfide) groups is 1. The van der Waals surface area contributed by atoms with E-state index in [0.29, 0.717) is 11.8 Å². The van der Waals surface area contributed by atoms with Gasteiger partial charge < -0.3 is 4.90 Å². The number of aromatic nitrogens is 3. The van der Waals surface area contributed by atoms with Gasteiger partial charge in [-0.3, -0.25) is 9.36 Å². The number of hydrogen-bond acceptors (Lipinski definition) is 4. The first-order valence-corrected chi connectivity index (χ1v) is 11.1. The van der Waals surface area contributed by atoms with Gasteiger partial charge in [0, 0.05) is 18.2 Å². The van der Waals surface area contributed by atoms with Crippen LogP contribution < -0.4 is 0 Å². The van der Waals surface area contributed by atoms with E-state index in [0.717, 1.165) is 41.6 Å². The van der Waals surface area contributed by atoms with Crippen LogP contribution in [0.5, 0.6) is 0 Å². The van der Waals surface area contributed by atoms with E-state index >= 15 is 0 Å². The highest BCUT2D eigenvalue weighted by atomic mass is 32.2. The van der Waals surface area contributed by atoms with E-state index in [2.05, 4.69) is 46.8 Å². The van der Waals surface area contributed by atoms with E-state index in [9.17, 15) is 4.79 Å². The molecule has 1 amide bonds. The SMILES string of the molecule is CCN(C(=O)CSc1nnc(-c2ccccc2)n1-c1ccc(C)c(C)c1)C1CC1. The van der Waals surface area contributed by atoms with Crippen LogP contribution in [0.25, 0.3) is 17.1 Å². The normalized spacial score (nSPS) is 13.5. The summed E-state index contributed by atoms with van der Waals surface area (Å²) in [5.41, 5.74) is 4.48. The second-order valence-electron chi connectivity index (χ2n) is 7.48. The Kier molecular flexibility index (Phi) is 5.72. The first kappa shape index (κ1) is 19.7. The van der Waals surface area contributed by atoms with Crippen molar-refractivity contribution in [1.29, 1.82) is 0 Å². The molecule has 1 aromatic heterocycles. The fourth-order valence-electron chi connectivity index (χ4n) is 3.47. The number of nitrogens with zero attached hydrogens (tertiary/aromatic N) is 4. The second-order valence-corrected chi connectivity index (χ2v) is 8.42. The molecule has 4 rings (SSSR count). The first-order chi connectivity index (χ1) is 14.1. The molecule has 0 radical (unpaired) electrons. The molecule has 6 heteroatoms. The van der Waals surface area contributed by atoms with Crippen molar-refractivity contribution in [1.82, 2.24) is 19.7 Å². The minimum atomic E-state index is 0.177. The minimum absolute atomic E-state index is 0.177. The predicted molar refractivity (Wildman–Crippen MR) is 117 cm³/mol. The van der Waals surface area contributed by atoms with Gasteiger partial charge in [-0.15, -0.1) is 10.2 Å². The molecule has 0 saturated heterocycles. The lowest BCUT2D eigenvalue weighted by Crippen LogP contribution is -2.34. The highest BCUT2D eigenvalue weighted by molar-refractivity contribution is 7.99. The summed E-state index contributed by atoms with van der Waals surface area (Å²) in [6.07, 6.45) is 2.25. The van der Waals surface area contributed by atoms with E-state index < -0.39 is 0 Å². The number of carbonyl (C=O) groups is 1. The molecule has 0 spiro atoms. The van der Waals surface area contributed by atoms with Gasteiger partial charge >= 0.3 is 0 Å². The van der Waals surface area contributed by atoms with Crippen LogP contribution in [0.2, 0.25) is 0 Å². The van der Waals surface area contributed by atoms with E-state index in [1.807, 2.05) is 42.2 Å². The highest BCUT2D eigenvalue weighted by Crippen LogP contribution is 2.31. The van der Waals surface area contributed by atoms with Gasteiger partial charge in [0.25, 0.3) is 0 Å². The second kappa shape index (κ2) is 8.41. The van der Waals surface area contributed by atoms with Gasteiger partial charge in [0.15, 0.2) is 11.0 Å². The molecule has 1 fully saturated rings. The molecule has 1 heterocycles. The van der Waals surface area contributed by atoms with Crippen molar-refractivity contribution in [3.05, 3.63) is 59.7 Å². The fraction of sp³-hybridized carbons (Fsp3) is 0.348. The largest absolute Gasteiger partial charge is 0.339 e. The lowest BCUT2D eigenvalue weighted by Gasteiger charge is -2.20. The van der Waals surface area contributed by atoms with E-state index in [4.69, 9.17) is 0 Å². The molecule has 29 heavy (non-hydrogen) atoms. The van der Waals surface area contributed by atoms with Crippen LogP contribution in [0.1, 0.15) is 30.9 Å². The Balaban J connectivity index is 1.67. The van der Waals surface area contributed by atoms with Gasteiger partial charge in [-0.25, -0.2) is 0 Å². The Bertz CT molecular complexity index is 1010. The molecule has 0 N–H and O–H groups in total. The minimum Gasteiger partial charge on any atom is -0.339 e. The number of aryl methyl sites for hydroxylation is 2. The third-order valence-corrected chi connectivity index (χ3v) is 6.30. The monoisotopic (exact) mass is 406 g/mol. The van der Waals surface area contributed by atoms with Crippen LogP contribution in [-0.4, -0.2) is 43.9 Å². The third-order valence-electron chi connectivity index (χ3n) is 5.39. The van der Waals surface area contributed by atoms with Gasteiger partial charge in [-0.2, -0.15) is 0 Å². The number of carbonyl (C=O) groups excluding carboxylic acids is 1. The molecule has 0 atom stereocenters. The van der Waals surface area contributed by atoms with Crippen molar-refractivity contribution >= 4 is 17.7 Å². The topological polar surface area (TPSA) is 51.0 Å². The molecule has 0 bridgehead atoms. The summed E-state index contributed by atoms with van der Waals surface area (Å²) in [5.74, 6) is 1.34. The third kappa shape index (κ3) is 4.22. The van der Waals surface area contributed by atoms with Crippen LogP contribution in [0.3, 0.4) is 0 Å². The molecule has 1 aliphatic carbocycles. The molecule has 0 unspecified atom stereocenters. The Morgan fingerprint density at radius 2 is 1.86 bits per heavy atom. The summed E-state index contributed by atoms with van der Waals surface area (Å²) in [4.78, 5) is 14.7. The Hall–Kier alpha value is -2.60. The Morgan fingerprint density at radius 3 is 2.52 bits per heavy atom. The molecule has 1 aliphatic rings. The molecular weight excluding hydrogens is 380 g/mol. The van der Waals surface area contributed by atoms with Crippen LogP contribution in [0.15, 0.2) is 53.7 Å². The van der Waals surface area contributed by atoms with Crippen molar-refractivity contribution in [3.8, 4) is 17.1 Å². The Labute approximate surface area is 176 Å². The summed E-state index contributed by atoms with van der Waals surface area (Å²) in [6.45, 7) is 7.03. The highest BCUT2D eigenvalue weighted by Gasteiger charge is 2.31. The number of rotatable bonds is 7. The summed E-state index contributed by atoms with van der Waals surface area (Å²) < 4.78 is 2.06. The van der Waals surface area contributed by atoms with Crippen LogP contribution in [0.4, 0.5) is 0 Å². The quantitative estimate of drug-likeness (QED) is 0.536. The maximum atomic E-state index is 12.7.